The summed E-state index contributed by atoms with van der Waals surface area (Å²) in [7, 11) is 0. The number of carbonyl (C=O) groups excluding carboxylic acids is 1. The molecule has 1 aromatic rings. The lowest BCUT2D eigenvalue weighted by Crippen LogP contribution is -2.44. The van der Waals surface area contributed by atoms with E-state index < -0.39 is 0 Å². The highest BCUT2D eigenvalue weighted by Gasteiger charge is 2.20. The van der Waals surface area contributed by atoms with E-state index in [9.17, 15) is 9.18 Å². The Morgan fingerprint density at radius 2 is 2.00 bits per heavy atom. The van der Waals surface area contributed by atoms with Crippen LogP contribution in [0, 0.1) is 17.1 Å². The molecule has 0 aromatic heterocycles. The van der Waals surface area contributed by atoms with E-state index >= 15 is 0 Å². The van der Waals surface area contributed by atoms with Crippen molar-refractivity contribution in [3.8, 4) is 6.07 Å². The number of nitrogens with one attached hydrogen (secondary N) is 1. The number of amides is 1. The third-order valence-corrected chi connectivity index (χ3v) is 3.32. The van der Waals surface area contributed by atoms with Crippen molar-refractivity contribution >= 4 is 5.91 Å². The van der Waals surface area contributed by atoms with E-state index in [2.05, 4.69) is 16.3 Å². The van der Waals surface area contributed by atoms with Gasteiger partial charge in [-0.2, -0.15) is 5.26 Å². The minimum absolute atomic E-state index is 0.132. The predicted octanol–water partition coefficient (Wildman–Crippen LogP) is 1.54. The molecule has 5 heteroatoms. The first-order valence-corrected chi connectivity index (χ1v) is 6.35. The largest absolute Gasteiger partial charge is 0.349 e. The minimum atomic E-state index is -0.346. The zero-order valence-corrected chi connectivity index (χ0v) is 10.6. The summed E-state index contributed by atoms with van der Waals surface area (Å²) in [4.78, 5) is 14.0. The van der Waals surface area contributed by atoms with Crippen LogP contribution in [0.5, 0.6) is 0 Å². The van der Waals surface area contributed by atoms with Crippen LogP contribution in [0.4, 0.5) is 4.39 Å². The lowest BCUT2D eigenvalue weighted by Gasteiger charge is -2.30. The summed E-state index contributed by atoms with van der Waals surface area (Å²) in [5, 5.41) is 11.6. The quantitative estimate of drug-likeness (QED) is 0.840. The molecule has 1 aliphatic rings. The third-order valence-electron chi connectivity index (χ3n) is 3.32. The zero-order valence-electron chi connectivity index (χ0n) is 10.6. The Hall–Kier alpha value is -1.93. The Morgan fingerprint density at radius 3 is 2.58 bits per heavy atom. The highest BCUT2D eigenvalue weighted by atomic mass is 19.1. The van der Waals surface area contributed by atoms with Gasteiger partial charge in [-0.3, -0.25) is 9.69 Å². The van der Waals surface area contributed by atoms with Crippen molar-refractivity contribution in [3.05, 3.63) is 35.6 Å². The molecule has 0 unspecified atom stereocenters. The van der Waals surface area contributed by atoms with Crippen LogP contribution in [0.15, 0.2) is 24.3 Å². The molecule has 4 nitrogen and oxygen atoms in total. The summed E-state index contributed by atoms with van der Waals surface area (Å²) in [6.45, 7) is 2.09. The van der Waals surface area contributed by atoms with Crippen LogP contribution in [0.2, 0.25) is 0 Å². The molecule has 19 heavy (non-hydrogen) atoms. The molecule has 1 amide bonds. The maximum Gasteiger partial charge on any atom is 0.251 e. The number of halogens is 1. The van der Waals surface area contributed by atoms with Gasteiger partial charge in [0.15, 0.2) is 0 Å². The maximum absolute atomic E-state index is 12.8. The van der Waals surface area contributed by atoms with Gasteiger partial charge < -0.3 is 5.32 Å². The second kappa shape index (κ2) is 6.30. The fraction of sp³-hybridized carbons (Fsp3) is 0.429. The normalized spacial score (nSPS) is 16.8. The van der Waals surface area contributed by atoms with Crippen LogP contribution in [0.1, 0.15) is 23.2 Å². The number of carbonyl (C=O) groups is 1. The van der Waals surface area contributed by atoms with E-state index in [1.807, 2.05) is 0 Å². The van der Waals surface area contributed by atoms with Gasteiger partial charge in [0.25, 0.3) is 5.91 Å². The van der Waals surface area contributed by atoms with Gasteiger partial charge >= 0.3 is 0 Å². The van der Waals surface area contributed by atoms with Gasteiger partial charge in [-0.1, -0.05) is 0 Å². The summed E-state index contributed by atoms with van der Waals surface area (Å²) in [5.74, 6) is -0.514. The molecule has 1 heterocycles. The number of hydrogen-bond donors (Lipinski definition) is 1. The van der Waals surface area contributed by atoms with E-state index in [1.54, 1.807) is 0 Å². The Bertz CT molecular complexity index is 472. The molecular weight excluding hydrogens is 245 g/mol. The van der Waals surface area contributed by atoms with Crippen molar-refractivity contribution in [2.75, 3.05) is 19.6 Å². The fourth-order valence-electron chi connectivity index (χ4n) is 2.21. The van der Waals surface area contributed by atoms with Gasteiger partial charge in [0.1, 0.15) is 5.82 Å². The van der Waals surface area contributed by atoms with Crippen molar-refractivity contribution in [3.63, 3.8) is 0 Å². The Morgan fingerprint density at radius 1 is 1.37 bits per heavy atom. The van der Waals surface area contributed by atoms with Crippen molar-refractivity contribution < 1.29 is 9.18 Å². The monoisotopic (exact) mass is 261 g/mol. The Kier molecular flexibility index (Phi) is 4.48. The lowest BCUT2D eigenvalue weighted by atomic mass is 10.0. The number of piperidine rings is 1. The average Bonchev–Trinajstić information content (AvgIpc) is 2.42. The van der Waals surface area contributed by atoms with Gasteiger partial charge in [-0.15, -0.1) is 0 Å². The molecule has 1 N–H and O–H groups in total. The fourth-order valence-corrected chi connectivity index (χ4v) is 2.21. The first-order chi connectivity index (χ1) is 9.19. The molecule has 0 spiro atoms. The van der Waals surface area contributed by atoms with Crippen LogP contribution in [-0.2, 0) is 0 Å². The lowest BCUT2D eigenvalue weighted by molar-refractivity contribution is 0.0914. The van der Waals surface area contributed by atoms with E-state index in [-0.39, 0.29) is 17.8 Å². The molecule has 0 bridgehead atoms. The summed E-state index contributed by atoms with van der Waals surface area (Å²) >= 11 is 0. The van der Waals surface area contributed by atoms with Gasteiger partial charge in [0, 0.05) is 24.7 Å². The topological polar surface area (TPSA) is 56.1 Å². The number of likely N-dealkylation sites (tertiary alicyclic amines) is 1. The van der Waals surface area contributed by atoms with Gasteiger partial charge in [0.05, 0.1) is 12.6 Å². The smallest absolute Gasteiger partial charge is 0.251 e. The van der Waals surface area contributed by atoms with Crippen molar-refractivity contribution in [1.82, 2.24) is 10.2 Å². The van der Waals surface area contributed by atoms with Crippen LogP contribution < -0.4 is 5.32 Å². The summed E-state index contributed by atoms with van der Waals surface area (Å²) < 4.78 is 12.8. The first-order valence-electron chi connectivity index (χ1n) is 6.35. The molecule has 1 fully saturated rings. The predicted molar refractivity (Wildman–Crippen MR) is 68.9 cm³/mol. The zero-order chi connectivity index (χ0) is 13.7. The molecule has 1 saturated heterocycles. The second-order valence-electron chi connectivity index (χ2n) is 4.69. The van der Waals surface area contributed by atoms with E-state index in [1.165, 1.54) is 24.3 Å². The number of hydrogen-bond acceptors (Lipinski definition) is 3. The molecule has 1 aliphatic heterocycles. The van der Waals surface area contributed by atoms with Gasteiger partial charge in [0.2, 0.25) is 0 Å². The minimum Gasteiger partial charge on any atom is -0.349 e. The highest BCUT2D eigenvalue weighted by Crippen LogP contribution is 2.11. The number of nitriles is 1. The van der Waals surface area contributed by atoms with Crippen LogP contribution in [0.25, 0.3) is 0 Å². The SMILES string of the molecule is N#CCN1CCC(NC(=O)c2ccc(F)cc2)CC1. The number of benzene rings is 1. The van der Waals surface area contributed by atoms with E-state index in [0.29, 0.717) is 12.1 Å². The van der Waals surface area contributed by atoms with Crippen molar-refractivity contribution in [2.45, 2.75) is 18.9 Å². The maximum atomic E-state index is 12.8. The second-order valence-corrected chi connectivity index (χ2v) is 4.69. The molecule has 0 aliphatic carbocycles. The third kappa shape index (κ3) is 3.76. The summed E-state index contributed by atoms with van der Waals surface area (Å²) in [5.41, 5.74) is 0.473. The molecule has 1 aromatic carbocycles. The Labute approximate surface area is 111 Å². The number of rotatable bonds is 3. The molecule has 0 saturated carbocycles. The summed E-state index contributed by atoms with van der Waals surface area (Å²) in [6.07, 6.45) is 1.68. The standard InChI is InChI=1S/C14H16FN3O/c15-12-3-1-11(2-4-12)14(19)17-13-5-8-18(9-6-13)10-7-16/h1-4,13H,5-6,8-10H2,(H,17,19). The summed E-state index contributed by atoms with van der Waals surface area (Å²) in [6, 6.07) is 7.79. The van der Waals surface area contributed by atoms with Gasteiger partial charge in [-0.25, -0.2) is 4.39 Å². The van der Waals surface area contributed by atoms with Crippen LogP contribution in [0.3, 0.4) is 0 Å². The first kappa shape index (κ1) is 13.5. The van der Waals surface area contributed by atoms with Crippen molar-refractivity contribution in [1.29, 1.82) is 5.26 Å². The van der Waals surface area contributed by atoms with E-state index in [0.717, 1.165) is 25.9 Å². The Balaban J connectivity index is 1.84. The van der Waals surface area contributed by atoms with Crippen LogP contribution in [-0.4, -0.2) is 36.5 Å². The van der Waals surface area contributed by atoms with Crippen LogP contribution >= 0.6 is 0 Å². The van der Waals surface area contributed by atoms with Gasteiger partial charge in [-0.05, 0) is 37.1 Å². The number of nitrogens with zero attached hydrogens (tertiary/aromatic N) is 2. The molecule has 0 atom stereocenters. The molecule has 0 radical (unpaired) electrons. The molecule has 100 valence electrons. The molecule has 2 rings (SSSR count). The average molecular weight is 261 g/mol. The van der Waals surface area contributed by atoms with Crippen molar-refractivity contribution in [2.24, 2.45) is 0 Å². The molecular formula is C14H16FN3O. The highest BCUT2D eigenvalue weighted by molar-refractivity contribution is 5.94. The van der Waals surface area contributed by atoms with E-state index in [4.69, 9.17) is 5.26 Å².